The van der Waals surface area contributed by atoms with Gasteiger partial charge in [0.1, 0.15) is 12.1 Å². The molecule has 2 saturated heterocycles. The first-order valence-electron chi connectivity index (χ1n) is 11.2. The average molecular weight is 507 g/mol. The summed E-state index contributed by atoms with van der Waals surface area (Å²) in [6, 6.07) is 7.84. The van der Waals surface area contributed by atoms with E-state index in [1.807, 2.05) is 0 Å². The predicted molar refractivity (Wildman–Crippen MR) is 127 cm³/mol. The Morgan fingerprint density at radius 2 is 1.85 bits per heavy atom. The Morgan fingerprint density at radius 1 is 1.15 bits per heavy atom. The second-order valence-electron chi connectivity index (χ2n) is 8.82. The van der Waals surface area contributed by atoms with Gasteiger partial charge in [-0.3, -0.25) is 14.4 Å². The van der Waals surface area contributed by atoms with Crippen molar-refractivity contribution in [3.8, 4) is 0 Å². The number of halogens is 1. The fourth-order valence-corrected chi connectivity index (χ4v) is 6.20. The number of primary amides is 1. The third-order valence-corrected chi connectivity index (χ3v) is 8.25. The van der Waals surface area contributed by atoms with Gasteiger partial charge in [-0.25, -0.2) is 8.42 Å². The molecule has 3 N–H and O–H groups in total. The van der Waals surface area contributed by atoms with Crippen LogP contribution in [0.2, 0.25) is 5.02 Å². The Labute approximate surface area is 203 Å². The van der Waals surface area contributed by atoms with Gasteiger partial charge in [0.05, 0.1) is 4.90 Å². The molecule has 3 unspecified atom stereocenters. The van der Waals surface area contributed by atoms with Crippen LogP contribution in [-0.2, 0) is 24.4 Å². The SMILES string of the molecule is CC(C(=O)N1CCCC1CC(N)=O)N1CCC(NS(=O)(=O)c2ccc3cc(Cl)ccc3c2)C1=O. The summed E-state index contributed by atoms with van der Waals surface area (Å²) in [6.07, 6.45) is 1.80. The number of nitrogens with zero attached hydrogens (tertiary/aromatic N) is 2. The molecule has 2 aliphatic heterocycles. The van der Waals surface area contributed by atoms with E-state index in [0.29, 0.717) is 23.4 Å². The number of nitrogens with two attached hydrogens (primary N) is 1. The van der Waals surface area contributed by atoms with E-state index in [-0.39, 0.29) is 36.2 Å². The van der Waals surface area contributed by atoms with Crippen LogP contribution in [0.1, 0.15) is 32.6 Å². The van der Waals surface area contributed by atoms with E-state index in [1.54, 1.807) is 36.1 Å². The molecule has 9 nitrogen and oxygen atoms in total. The van der Waals surface area contributed by atoms with Crippen LogP contribution in [0.5, 0.6) is 0 Å². The molecule has 0 spiro atoms. The summed E-state index contributed by atoms with van der Waals surface area (Å²) in [5.74, 6) is -1.17. The van der Waals surface area contributed by atoms with E-state index in [9.17, 15) is 22.8 Å². The number of hydrogen-bond acceptors (Lipinski definition) is 5. The number of benzene rings is 2. The molecule has 2 aliphatic rings. The molecule has 182 valence electrons. The third-order valence-electron chi connectivity index (χ3n) is 6.54. The molecule has 3 atom stereocenters. The van der Waals surface area contributed by atoms with Gasteiger partial charge in [0.25, 0.3) is 0 Å². The van der Waals surface area contributed by atoms with E-state index in [4.69, 9.17) is 17.3 Å². The molecule has 0 aromatic heterocycles. The van der Waals surface area contributed by atoms with E-state index >= 15 is 0 Å². The third kappa shape index (κ3) is 4.89. The van der Waals surface area contributed by atoms with Crippen LogP contribution in [0.4, 0.5) is 0 Å². The first-order valence-corrected chi connectivity index (χ1v) is 13.0. The molecule has 0 radical (unpaired) electrons. The quantitative estimate of drug-likeness (QED) is 0.589. The monoisotopic (exact) mass is 506 g/mol. The fourth-order valence-electron chi connectivity index (χ4n) is 4.76. The van der Waals surface area contributed by atoms with Gasteiger partial charge in [-0.05, 0) is 61.2 Å². The number of carbonyl (C=O) groups excluding carboxylic acids is 3. The molecule has 0 saturated carbocycles. The summed E-state index contributed by atoms with van der Waals surface area (Å²) in [5, 5.41) is 2.07. The smallest absolute Gasteiger partial charge is 0.245 e. The summed E-state index contributed by atoms with van der Waals surface area (Å²) in [5.41, 5.74) is 5.30. The summed E-state index contributed by atoms with van der Waals surface area (Å²) in [6.45, 7) is 2.39. The zero-order valence-corrected chi connectivity index (χ0v) is 20.3. The van der Waals surface area contributed by atoms with Crippen molar-refractivity contribution in [3.05, 3.63) is 41.4 Å². The largest absolute Gasteiger partial charge is 0.370 e. The number of rotatable bonds is 7. The minimum absolute atomic E-state index is 0.0454. The van der Waals surface area contributed by atoms with Gasteiger partial charge in [-0.2, -0.15) is 4.72 Å². The topological polar surface area (TPSA) is 130 Å². The lowest BCUT2D eigenvalue weighted by molar-refractivity contribution is -0.144. The molecular formula is C23H27ClN4O5S. The van der Waals surface area contributed by atoms with Crippen LogP contribution < -0.4 is 10.5 Å². The van der Waals surface area contributed by atoms with Crippen molar-refractivity contribution in [1.82, 2.24) is 14.5 Å². The van der Waals surface area contributed by atoms with Crippen LogP contribution in [-0.4, -0.2) is 67.2 Å². The molecule has 34 heavy (non-hydrogen) atoms. The minimum Gasteiger partial charge on any atom is -0.370 e. The van der Waals surface area contributed by atoms with Crippen molar-refractivity contribution in [3.63, 3.8) is 0 Å². The van der Waals surface area contributed by atoms with E-state index in [1.165, 1.54) is 17.0 Å². The predicted octanol–water partition coefficient (Wildman–Crippen LogP) is 1.63. The normalized spacial score (nSPS) is 21.9. The number of fused-ring (bicyclic) bond motifs is 1. The molecule has 2 aromatic carbocycles. The number of nitrogens with one attached hydrogen (secondary N) is 1. The first kappa shape index (κ1) is 24.4. The second kappa shape index (κ2) is 9.52. The Kier molecular flexibility index (Phi) is 6.84. The lowest BCUT2D eigenvalue weighted by Crippen LogP contribution is -2.51. The molecule has 11 heteroatoms. The highest BCUT2D eigenvalue weighted by molar-refractivity contribution is 7.89. The summed E-state index contributed by atoms with van der Waals surface area (Å²) in [4.78, 5) is 40.5. The van der Waals surface area contributed by atoms with Crippen molar-refractivity contribution in [2.75, 3.05) is 13.1 Å². The highest BCUT2D eigenvalue weighted by Crippen LogP contribution is 2.26. The highest BCUT2D eigenvalue weighted by atomic mass is 35.5. The Hall–Kier alpha value is -2.69. The molecular weight excluding hydrogens is 480 g/mol. The Balaban J connectivity index is 1.45. The summed E-state index contributed by atoms with van der Waals surface area (Å²) in [7, 11) is -3.96. The Morgan fingerprint density at radius 3 is 2.59 bits per heavy atom. The zero-order valence-electron chi connectivity index (χ0n) is 18.7. The standard InChI is InChI=1S/C23H27ClN4O5S/c1-14(22(30)28-9-2-3-18(28)13-21(25)29)27-10-8-20(23(27)31)26-34(32,33)19-7-5-15-11-17(24)6-4-16(15)12-19/h4-7,11-12,14,18,20,26H,2-3,8-10,13H2,1H3,(H2,25,29). The zero-order chi connectivity index (χ0) is 24.6. The average Bonchev–Trinajstić information content (AvgIpc) is 3.38. The molecule has 2 fully saturated rings. The van der Waals surface area contributed by atoms with Crippen LogP contribution >= 0.6 is 11.6 Å². The number of hydrogen-bond donors (Lipinski definition) is 2. The molecule has 4 rings (SSSR count). The van der Waals surface area contributed by atoms with Crippen molar-refractivity contribution in [1.29, 1.82) is 0 Å². The molecule has 2 aromatic rings. The first-order chi connectivity index (χ1) is 16.1. The lowest BCUT2D eigenvalue weighted by atomic mass is 10.1. The second-order valence-corrected chi connectivity index (χ2v) is 11.0. The molecule has 0 aliphatic carbocycles. The maximum atomic E-state index is 13.1. The van der Waals surface area contributed by atoms with Gasteiger partial charge in [-0.1, -0.05) is 23.7 Å². The Bertz CT molecular complexity index is 1250. The molecule has 3 amide bonds. The number of sulfonamides is 1. The maximum absolute atomic E-state index is 13.1. The van der Waals surface area contributed by atoms with Crippen molar-refractivity contribution >= 4 is 50.1 Å². The van der Waals surface area contributed by atoms with Gasteiger partial charge < -0.3 is 15.5 Å². The maximum Gasteiger partial charge on any atom is 0.245 e. The van der Waals surface area contributed by atoms with Crippen LogP contribution in [0.3, 0.4) is 0 Å². The number of likely N-dealkylation sites (tertiary alicyclic amines) is 2. The van der Waals surface area contributed by atoms with Gasteiger partial charge >= 0.3 is 0 Å². The molecule has 2 heterocycles. The van der Waals surface area contributed by atoms with Crippen LogP contribution in [0, 0.1) is 0 Å². The van der Waals surface area contributed by atoms with E-state index < -0.39 is 33.9 Å². The number of amides is 3. The minimum atomic E-state index is -3.96. The van der Waals surface area contributed by atoms with Gasteiger partial charge in [0.2, 0.25) is 27.7 Å². The fraction of sp³-hybridized carbons (Fsp3) is 0.435. The van der Waals surface area contributed by atoms with Gasteiger partial charge in [0.15, 0.2) is 0 Å². The lowest BCUT2D eigenvalue weighted by Gasteiger charge is -2.31. The van der Waals surface area contributed by atoms with Gasteiger partial charge in [0, 0.05) is 30.6 Å². The van der Waals surface area contributed by atoms with Crippen molar-refractivity contribution in [2.24, 2.45) is 5.73 Å². The van der Waals surface area contributed by atoms with Gasteiger partial charge in [-0.15, -0.1) is 0 Å². The van der Waals surface area contributed by atoms with Crippen molar-refractivity contribution in [2.45, 2.75) is 55.6 Å². The highest BCUT2D eigenvalue weighted by Gasteiger charge is 2.41. The molecule has 0 bridgehead atoms. The van der Waals surface area contributed by atoms with Crippen molar-refractivity contribution < 1.29 is 22.8 Å². The summed E-state index contributed by atoms with van der Waals surface area (Å²) < 4.78 is 28.5. The van der Waals surface area contributed by atoms with E-state index in [0.717, 1.165) is 11.8 Å². The van der Waals surface area contributed by atoms with Crippen LogP contribution in [0.15, 0.2) is 41.3 Å². The number of carbonyl (C=O) groups is 3. The van der Waals surface area contributed by atoms with E-state index in [2.05, 4.69) is 4.72 Å². The van der Waals surface area contributed by atoms with Crippen LogP contribution in [0.25, 0.3) is 10.8 Å². The summed E-state index contributed by atoms with van der Waals surface area (Å²) >= 11 is 5.99.